The van der Waals surface area contributed by atoms with E-state index < -0.39 is 4.92 Å². The molecular formula is C14H15N3O3. The summed E-state index contributed by atoms with van der Waals surface area (Å²) in [5.74, 6) is 0.948. The van der Waals surface area contributed by atoms with E-state index in [0.717, 1.165) is 0 Å². The Balaban J connectivity index is 2.41. The third-order valence-electron chi connectivity index (χ3n) is 2.59. The molecule has 6 heteroatoms. The zero-order chi connectivity index (χ0) is 14.7. The molecule has 20 heavy (non-hydrogen) atoms. The van der Waals surface area contributed by atoms with Gasteiger partial charge in [-0.05, 0) is 44.2 Å². The van der Waals surface area contributed by atoms with Crippen LogP contribution in [-0.2, 0) is 0 Å². The summed E-state index contributed by atoms with van der Waals surface area (Å²) in [5, 5.41) is 11.0. The lowest BCUT2D eigenvalue weighted by Gasteiger charge is -2.10. The summed E-state index contributed by atoms with van der Waals surface area (Å²) >= 11 is 0. The molecule has 0 saturated carbocycles. The van der Waals surface area contributed by atoms with Crippen molar-refractivity contribution in [1.82, 2.24) is 4.98 Å². The maximum atomic E-state index is 11.0. The van der Waals surface area contributed by atoms with Crippen LogP contribution in [0.15, 0.2) is 36.4 Å². The molecule has 6 nitrogen and oxygen atoms in total. The largest absolute Gasteiger partial charge is 0.491 e. The lowest BCUT2D eigenvalue weighted by molar-refractivity contribution is -0.384. The molecule has 0 aliphatic rings. The summed E-state index contributed by atoms with van der Waals surface area (Å²) < 4.78 is 5.53. The van der Waals surface area contributed by atoms with Crippen molar-refractivity contribution in [2.24, 2.45) is 0 Å². The fraction of sp³-hybridized carbons (Fsp3) is 0.214. The van der Waals surface area contributed by atoms with Gasteiger partial charge in [-0.25, -0.2) is 4.98 Å². The van der Waals surface area contributed by atoms with E-state index in [9.17, 15) is 10.1 Å². The summed E-state index contributed by atoms with van der Waals surface area (Å²) in [6.07, 6.45) is 0.0701. The first-order valence-electron chi connectivity index (χ1n) is 6.15. The SMILES string of the molecule is CC(C)Oc1ccc(-c2nc(N)ccc2[N+](=O)[O-])cc1. The topological polar surface area (TPSA) is 91.3 Å². The van der Waals surface area contributed by atoms with E-state index in [4.69, 9.17) is 10.5 Å². The Morgan fingerprint density at radius 3 is 2.40 bits per heavy atom. The average molecular weight is 273 g/mol. The van der Waals surface area contributed by atoms with Crippen molar-refractivity contribution in [2.45, 2.75) is 20.0 Å². The highest BCUT2D eigenvalue weighted by molar-refractivity contribution is 5.71. The van der Waals surface area contributed by atoms with Gasteiger partial charge in [0.1, 0.15) is 11.6 Å². The van der Waals surface area contributed by atoms with Gasteiger partial charge in [0.2, 0.25) is 0 Å². The van der Waals surface area contributed by atoms with E-state index in [2.05, 4.69) is 4.98 Å². The molecule has 0 radical (unpaired) electrons. The van der Waals surface area contributed by atoms with Crippen LogP contribution in [0.5, 0.6) is 5.75 Å². The lowest BCUT2D eigenvalue weighted by Crippen LogP contribution is -2.05. The molecule has 0 atom stereocenters. The van der Waals surface area contributed by atoms with Gasteiger partial charge in [0, 0.05) is 11.6 Å². The highest BCUT2D eigenvalue weighted by Gasteiger charge is 2.17. The van der Waals surface area contributed by atoms with Crippen molar-refractivity contribution in [3.63, 3.8) is 0 Å². The first-order valence-corrected chi connectivity index (χ1v) is 6.15. The molecule has 0 amide bonds. The number of ether oxygens (including phenoxy) is 1. The molecule has 0 spiro atoms. The van der Waals surface area contributed by atoms with Crippen LogP contribution in [0.1, 0.15) is 13.8 Å². The van der Waals surface area contributed by atoms with Gasteiger partial charge in [-0.1, -0.05) is 0 Å². The summed E-state index contributed by atoms with van der Waals surface area (Å²) in [5.41, 5.74) is 6.41. The number of rotatable bonds is 4. The van der Waals surface area contributed by atoms with Gasteiger partial charge in [-0.15, -0.1) is 0 Å². The van der Waals surface area contributed by atoms with Crippen LogP contribution in [0.2, 0.25) is 0 Å². The van der Waals surface area contributed by atoms with Crippen LogP contribution in [0.25, 0.3) is 11.3 Å². The van der Waals surface area contributed by atoms with Gasteiger partial charge in [0.25, 0.3) is 5.69 Å². The third kappa shape index (κ3) is 3.03. The number of nitro groups is 1. The molecule has 0 fully saturated rings. The molecule has 104 valence electrons. The number of nitrogens with two attached hydrogens (primary N) is 1. The molecule has 2 N–H and O–H groups in total. The second-order valence-corrected chi connectivity index (χ2v) is 4.55. The molecule has 2 aromatic rings. The Morgan fingerprint density at radius 1 is 1.20 bits per heavy atom. The highest BCUT2D eigenvalue weighted by atomic mass is 16.6. The van der Waals surface area contributed by atoms with Crippen molar-refractivity contribution in [2.75, 3.05) is 5.73 Å². The Labute approximate surface area is 116 Å². The normalized spacial score (nSPS) is 10.6. The number of hydrogen-bond acceptors (Lipinski definition) is 5. The van der Waals surface area contributed by atoms with Crippen LogP contribution in [0, 0.1) is 10.1 Å². The molecule has 0 unspecified atom stereocenters. The summed E-state index contributed by atoms with van der Waals surface area (Å²) in [7, 11) is 0. The zero-order valence-corrected chi connectivity index (χ0v) is 11.2. The van der Waals surface area contributed by atoms with Crippen molar-refractivity contribution >= 4 is 11.5 Å². The second-order valence-electron chi connectivity index (χ2n) is 4.55. The molecule has 2 rings (SSSR count). The molecule has 1 aromatic heterocycles. The predicted octanol–water partition coefficient (Wildman–Crippen LogP) is 3.03. The minimum atomic E-state index is -0.472. The Morgan fingerprint density at radius 2 is 1.85 bits per heavy atom. The number of anilines is 1. The number of hydrogen-bond donors (Lipinski definition) is 1. The molecule has 0 bridgehead atoms. The van der Waals surface area contributed by atoms with Gasteiger partial charge in [-0.3, -0.25) is 10.1 Å². The van der Waals surface area contributed by atoms with Gasteiger partial charge in [0.15, 0.2) is 5.69 Å². The Bertz CT molecular complexity index is 624. The van der Waals surface area contributed by atoms with Gasteiger partial charge in [0.05, 0.1) is 11.0 Å². The molecule has 0 aliphatic carbocycles. The fourth-order valence-corrected chi connectivity index (χ4v) is 1.79. The minimum Gasteiger partial charge on any atom is -0.491 e. The number of nitrogens with zero attached hydrogens (tertiary/aromatic N) is 2. The number of benzene rings is 1. The van der Waals surface area contributed by atoms with E-state index in [1.807, 2.05) is 13.8 Å². The van der Waals surface area contributed by atoms with E-state index >= 15 is 0 Å². The fourth-order valence-electron chi connectivity index (χ4n) is 1.79. The lowest BCUT2D eigenvalue weighted by atomic mass is 10.1. The molecule has 1 aromatic carbocycles. The van der Waals surface area contributed by atoms with Crippen LogP contribution >= 0.6 is 0 Å². The monoisotopic (exact) mass is 273 g/mol. The first kappa shape index (κ1) is 13.8. The summed E-state index contributed by atoms with van der Waals surface area (Å²) in [6, 6.07) is 9.74. The van der Waals surface area contributed by atoms with Crippen molar-refractivity contribution in [1.29, 1.82) is 0 Å². The number of pyridine rings is 1. The van der Waals surface area contributed by atoms with Crippen LogP contribution in [-0.4, -0.2) is 16.0 Å². The molecule has 0 saturated heterocycles. The van der Waals surface area contributed by atoms with Crippen molar-refractivity contribution in [3.8, 4) is 17.0 Å². The van der Waals surface area contributed by atoms with Gasteiger partial charge < -0.3 is 10.5 Å². The highest BCUT2D eigenvalue weighted by Crippen LogP contribution is 2.30. The maximum absolute atomic E-state index is 11.0. The van der Waals surface area contributed by atoms with Crippen molar-refractivity contribution < 1.29 is 9.66 Å². The predicted molar refractivity (Wildman–Crippen MR) is 76.5 cm³/mol. The standard InChI is InChI=1S/C14H15N3O3/c1-9(2)20-11-5-3-10(4-6-11)14-12(17(18)19)7-8-13(15)16-14/h3-9H,1-2H3,(H2,15,16). The van der Waals surface area contributed by atoms with E-state index in [-0.39, 0.29) is 23.3 Å². The van der Waals surface area contributed by atoms with Gasteiger partial charge >= 0.3 is 0 Å². The molecule has 1 heterocycles. The Kier molecular flexibility index (Phi) is 3.84. The van der Waals surface area contributed by atoms with Crippen LogP contribution in [0.3, 0.4) is 0 Å². The number of aromatic nitrogens is 1. The zero-order valence-electron chi connectivity index (χ0n) is 11.2. The molecule has 0 aliphatic heterocycles. The maximum Gasteiger partial charge on any atom is 0.295 e. The van der Waals surface area contributed by atoms with Gasteiger partial charge in [-0.2, -0.15) is 0 Å². The van der Waals surface area contributed by atoms with Crippen LogP contribution in [0.4, 0.5) is 11.5 Å². The summed E-state index contributed by atoms with van der Waals surface area (Å²) in [4.78, 5) is 14.6. The smallest absolute Gasteiger partial charge is 0.295 e. The van der Waals surface area contributed by atoms with E-state index in [1.54, 1.807) is 24.3 Å². The van der Waals surface area contributed by atoms with Crippen molar-refractivity contribution in [3.05, 3.63) is 46.5 Å². The second kappa shape index (κ2) is 5.56. The molecular weight excluding hydrogens is 258 g/mol. The third-order valence-corrected chi connectivity index (χ3v) is 2.59. The Hall–Kier alpha value is -2.63. The first-order chi connectivity index (χ1) is 9.47. The summed E-state index contributed by atoms with van der Waals surface area (Å²) in [6.45, 7) is 3.86. The van der Waals surface area contributed by atoms with Crippen LogP contribution < -0.4 is 10.5 Å². The average Bonchev–Trinajstić information content (AvgIpc) is 2.38. The van der Waals surface area contributed by atoms with E-state index in [0.29, 0.717) is 11.3 Å². The quantitative estimate of drug-likeness (QED) is 0.682. The van der Waals surface area contributed by atoms with E-state index in [1.165, 1.54) is 12.1 Å². The number of nitrogen functional groups attached to an aromatic ring is 1. The minimum absolute atomic E-state index is 0.0701.